The molecule has 1 aromatic carbocycles. The van der Waals surface area contributed by atoms with Crippen molar-refractivity contribution in [2.24, 2.45) is 5.92 Å². The monoisotopic (exact) mass is 357 g/mol. The summed E-state index contributed by atoms with van der Waals surface area (Å²) in [4.78, 5) is 40.0. The van der Waals surface area contributed by atoms with Crippen molar-refractivity contribution in [2.75, 3.05) is 0 Å². The van der Waals surface area contributed by atoms with E-state index in [0.29, 0.717) is 16.5 Å². The van der Waals surface area contributed by atoms with E-state index in [1.165, 1.54) is 25.7 Å². The van der Waals surface area contributed by atoms with Gasteiger partial charge >= 0.3 is 5.97 Å². The van der Waals surface area contributed by atoms with Gasteiger partial charge in [-0.05, 0) is 36.5 Å². The van der Waals surface area contributed by atoms with E-state index in [2.05, 4.69) is 13.5 Å². The van der Waals surface area contributed by atoms with Crippen molar-refractivity contribution in [3.8, 4) is 0 Å². The molecule has 1 saturated heterocycles. The fourth-order valence-corrected chi connectivity index (χ4v) is 3.01. The summed E-state index contributed by atoms with van der Waals surface area (Å²) in [6.45, 7) is 6.13. The van der Waals surface area contributed by atoms with Gasteiger partial charge in [-0.25, -0.2) is 4.79 Å². The molecule has 1 fully saturated rings. The highest BCUT2D eigenvalue weighted by atomic mass is 16.7. The first-order valence-electron chi connectivity index (χ1n) is 9.34. The van der Waals surface area contributed by atoms with Gasteiger partial charge in [0, 0.05) is 12.8 Å². The summed E-state index contributed by atoms with van der Waals surface area (Å²) in [5, 5.41) is 0.570. The Bertz CT molecular complexity index is 634. The van der Waals surface area contributed by atoms with Crippen molar-refractivity contribution < 1.29 is 19.2 Å². The number of nitrogens with zero attached hydrogens (tertiary/aromatic N) is 1. The zero-order chi connectivity index (χ0) is 18.9. The molecule has 1 atom stereocenters. The molecule has 2 amide bonds. The summed E-state index contributed by atoms with van der Waals surface area (Å²) in [6.07, 6.45) is 9.12. The van der Waals surface area contributed by atoms with E-state index in [1.54, 1.807) is 12.1 Å². The van der Waals surface area contributed by atoms with Crippen molar-refractivity contribution in [3.63, 3.8) is 0 Å². The third-order valence-electron chi connectivity index (χ3n) is 4.63. The van der Waals surface area contributed by atoms with Gasteiger partial charge in [-0.1, -0.05) is 50.8 Å². The highest BCUT2D eigenvalue weighted by Crippen LogP contribution is 2.19. The topological polar surface area (TPSA) is 63.7 Å². The number of allylic oxidation sites excluding steroid dienone is 1. The van der Waals surface area contributed by atoms with Crippen LogP contribution in [-0.4, -0.2) is 22.8 Å². The molecule has 0 saturated carbocycles. The van der Waals surface area contributed by atoms with Gasteiger partial charge in [0.05, 0.1) is 5.56 Å². The number of carbonyl (C=O) groups is 3. The number of rotatable bonds is 10. The van der Waals surface area contributed by atoms with E-state index in [-0.39, 0.29) is 12.8 Å². The maximum absolute atomic E-state index is 12.1. The molecule has 1 aliphatic heterocycles. The van der Waals surface area contributed by atoms with E-state index in [9.17, 15) is 14.4 Å². The van der Waals surface area contributed by atoms with Gasteiger partial charge in [0.1, 0.15) is 0 Å². The Morgan fingerprint density at radius 2 is 1.81 bits per heavy atom. The van der Waals surface area contributed by atoms with Crippen LogP contribution in [0.25, 0.3) is 0 Å². The molecule has 1 heterocycles. The largest absolute Gasteiger partial charge is 0.363 e. The van der Waals surface area contributed by atoms with Crippen molar-refractivity contribution in [2.45, 2.75) is 58.3 Å². The predicted octanol–water partition coefficient (Wildman–Crippen LogP) is 4.22. The fourth-order valence-electron chi connectivity index (χ4n) is 3.01. The summed E-state index contributed by atoms with van der Waals surface area (Å²) in [7, 11) is 0. The molecule has 140 valence electrons. The summed E-state index contributed by atoms with van der Waals surface area (Å²) in [5.41, 5.74) is 1.44. The Morgan fingerprint density at radius 3 is 2.38 bits per heavy atom. The van der Waals surface area contributed by atoms with Gasteiger partial charge in [-0.15, -0.1) is 11.6 Å². The van der Waals surface area contributed by atoms with Crippen LogP contribution in [0, 0.1) is 5.92 Å². The van der Waals surface area contributed by atoms with E-state index < -0.39 is 17.8 Å². The molecule has 0 spiro atoms. The predicted molar refractivity (Wildman–Crippen MR) is 99.1 cm³/mol. The molecular weight excluding hydrogens is 330 g/mol. The molecule has 26 heavy (non-hydrogen) atoms. The smallest absolute Gasteiger partial charge is 0.325 e. The Kier molecular flexibility index (Phi) is 7.57. The van der Waals surface area contributed by atoms with Crippen LogP contribution in [0.5, 0.6) is 0 Å². The maximum atomic E-state index is 12.1. The number of hydrogen-bond donors (Lipinski definition) is 0. The molecule has 1 aliphatic rings. The summed E-state index contributed by atoms with van der Waals surface area (Å²) in [5.74, 6) is -1.22. The molecule has 5 nitrogen and oxygen atoms in total. The number of carbonyl (C=O) groups excluding carboxylic acids is 3. The van der Waals surface area contributed by atoms with Crippen LogP contribution >= 0.6 is 0 Å². The van der Waals surface area contributed by atoms with E-state index >= 15 is 0 Å². The quantitative estimate of drug-likeness (QED) is 0.357. The molecule has 0 radical (unpaired) electrons. The van der Waals surface area contributed by atoms with Crippen LogP contribution in [0.1, 0.15) is 67.8 Å². The Morgan fingerprint density at radius 1 is 1.15 bits per heavy atom. The van der Waals surface area contributed by atoms with Crippen molar-refractivity contribution in [1.29, 1.82) is 0 Å². The molecule has 2 rings (SSSR count). The molecular formula is C21H27NO4. The average Bonchev–Trinajstić information content (AvgIpc) is 2.96. The number of amides is 2. The summed E-state index contributed by atoms with van der Waals surface area (Å²) in [6, 6.07) is 7.10. The number of unbranched alkanes of at least 4 members (excludes halogenated alkanes) is 3. The normalized spacial score (nSPS) is 15.2. The SMILES string of the molecule is C=CC(CCCCCC)Cc1ccc(C(=O)ON2C(=O)CCC2=O)cc1. The first kappa shape index (κ1) is 19.9. The second-order valence-corrected chi connectivity index (χ2v) is 6.71. The third-order valence-corrected chi connectivity index (χ3v) is 4.63. The Hall–Kier alpha value is -2.43. The highest BCUT2D eigenvalue weighted by molar-refractivity contribution is 6.02. The first-order valence-corrected chi connectivity index (χ1v) is 9.34. The third kappa shape index (κ3) is 5.55. The first-order chi connectivity index (χ1) is 12.5. The molecule has 0 aliphatic carbocycles. The van der Waals surface area contributed by atoms with Crippen molar-refractivity contribution in [1.82, 2.24) is 5.06 Å². The lowest BCUT2D eigenvalue weighted by Crippen LogP contribution is -2.32. The number of imide groups is 1. The second kappa shape index (κ2) is 9.90. The number of hydroxylamine groups is 2. The Labute approximate surface area is 155 Å². The molecule has 1 unspecified atom stereocenters. The lowest BCUT2D eigenvalue weighted by atomic mass is 9.93. The standard InChI is InChI=1S/C21H27NO4/c1-3-5-6-7-8-16(4-2)15-17-9-11-18(12-10-17)21(25)26-22-19(23)13-14-20(22)24/h4,9-12,16H,2-3,5-8,13-15H2,1H3. The zero-order valence-electron chi connectivity index (χ0n) is 15.4. The van der Waals surface area contributed by atoms with Gasteiger partial charge in [0.25, 0.3) is 11.8 Å². The molecule has 0 aromatic heterocycles. The van der Waals surface area contributed by atoms with E-state index in [1.807, 2.05) is 18.2 Å². The lowest BCUT2D eigenvalue weighted by molar-refractivity contribution is -0.172. The van der Waals surface area contributed by atoms with Crippen LogP contribution in [0.3, 0.4) is 0 Å². The summed E-state index contributed by atoms with van der Waals surface area (Å²) >= 11 is 0. The van der Waals surface area contributed by atoms with Gasteiger partial charge in [-0.2, -0.15) is 0 Å². The number of benzene rings is 1. The molecule has 0 N–H and O–H groups in total. The van der Waals surface area contributed by atoms with E-state index in [4.69, 9.17) is 4.84 Å². The molecule has 0 bridgehead atoms. The van der Waals surface area contributed by atoms with Gasteiger partial charge in [0.15, 0.2) is 0 Å². The minimum Gasteiger partial charge on any atom is -0.325 e. The van der Waals surface area contributed by atoms with Gasteiger partial charge in [-0.3, -0.25) is 9.59 Å². The van der Waals surface area contributed by atoms with Crippen LogP contribution in [-0.2, 0) is 20.8 Å². The van der Waals surface area contributed by atoms with Crippen LogP contribution in [0.2, 0.25) is 0 Å². The van der Waals surface area contributed by atoms with Crippen molar-refractivity contribution >= 4 is 17.8 Å². The van der Waals surface area contributed by atoms with Crippen LogP contribution in [0.4, 0.5) is 0 Å². The minimum absolute atomic E-state index is 0.0895. The summed E-state index contributed by atoms with van der Waals surface area (Å²) < 4.78 is 0. The van der Waals surface area contributed by atoms with Crippen LogP contribution < -0.4 is 0 Å². The minimum atomic E-state index is -0.694. The zero-order valence-corrected chi connectivity index (χ0v) is 15.4. The molecule has 1 aromatic rings. The Balaban J connectivity index is 1.88. The maximum Gasteiger partial charge on any atom is 0.363 e. The highest BCUT2D eigenvalue weighted by Gasteiger charge is 2.33. The van der Waals surface area contributed by atoms with Gasteiger partial charge in [0.2, 0.25) is 0 Å². The average molecular weight is 357 g/mol. The van der Waals surface area contributed by atoms with Gasteiger partial charge < -0.3 is 4.84 Å². The number of hydrogen-bond acceptors (Lipinski definition) is 4. The molecule has 5 heteroatoms. The van der Waals surface area contributed by atoms with Crippen LogP contribution in [0.15, 0.2) is 36.9 Å². The fraction of sp³-hybridized carbons (Fsp3) is 0.476. The van der Waals surface area contributed by atoms with Crippen molar-refractivity contribution in [3.05, 3.63) is 48.0 Å². The van der Waals surface area contributed by atoms with E-state index in [0.717, 1.165) is 18.4 Å². The lowest BCUT2D eigenvalue weighted by Gasteiger charge is -2.14. The second-order valence-electron chi connectivity index (χ2n) is 6.71.